The van der Waals surface area contributed by atoms with Crippen LogP contribution in [0.5, 0.6) is 0 Å². The number of amidine groups is 1. The molecule has 0 aromatic heterocycles. The van der Waals surface area contributed by atoms with Gasteiger partial charge in [-0.2, -0.15) is 0 Å². The number of carbonyl (C=O) groups excluding carboxylic acids is 2. The molecular weight excluding hydrogens is 448 g/mol. The van der Waals surface area contributed by atoms with Gasteiger partial charge in [-0.25, -0.2) is 9.79 Å². The summed E-state index contributed by atoms with van der Waals surface area (Å²) in [5, 5.41) is 6.77. The van der Waals surface area contributed by atoms with Crippen molar-refractivity contribution in [3.8, 4) is 0 Å². The molecule has 3 rings (SSSR count). The molecule has 0 bridgehead atoms. The Morgan fingerprint density at radius 3 is 2.32 bits per heavy atom. The number of para-hydroxylation sites is 1. The van der Waals surface area contributed by atoms with Gasteiger partial charge in [0.25, 0.3) is 0 Å². The van der Waals surface area contributed by atoms with Gasteiger partial charge in [-0.3, -0.25) is 4.79 Å². The second-order valence-corrected chi connectivity index (χ2v) is 9.27. The minimum absolute atomic E-state index is 0.114. The predicted molar refractivity (Wildman–Crippen MR) is 140 cm³/mol. The van der Waals surface area contributed by atoms with Crippen molar-refractivity contribution in [2.75, 3.05) is 36.7 Å². The quantitative estimate of drug-likeness (QED) is 0.565. The summed E-state index contributed by atoms with van der Waals surface area (Å²) in [6, 6.07) is 13.3. The van der Waals surface area contributed by atoms with Gasteiger partial charge in [0.2, 0.25) is 5.91 Å². The molecule has 0 aliphatic carbocycles. The number of amides is 1. The highest BCUT2D eigenvalue weighted by Crippen LogP contribution is 2.34. The number of rotatable bonds is 7. The summed E-state index contributed by atoms with van der Waals surface area (Å²) >= 11 is 1.31. The zero-order valence-electron chi connectivity index (χ0n) is 20.6. The van der Waals surface area contributed by atoms with Gasteiger partial charge in [0.15, 0.2) is 5.17 Å². The molecule has 8 heteroatoms. The van der Waals surface area contributed by atoms with Crippen LogP contribution in [0.25, 0.3) is 0 Å². The summed E-state index contributed by atoms with van der Waals surface area (Å²) in [6.07, 6.45) is 0. The number of hydrogen-bond donors (Lipinski definition) is 2. The van der Waals surface area contributed by atoms with Crippen LogP contribution in [-0.4, -0.2) is 43.5 Å². The van der Waals surface area contributed by atoms with Gasteiger partial charge in [-0.05, 0) is 56.5 Å². The lowest BCUT2D eigenvalue weighted by atomic mass is 9.96. The number of nitrogens with zero attached hydrogens (tertiary/aromatic N) is 2. The van der Waals surface area contributed by atoms with E-state index in [-0.39, 0.29) is 18.3 Å². The molecule has 7 nitrogen and oxygen atoms in total. The highest BCUT2D eigenvalue weighted by molar-refractivity contribution is 8.14. The Bertz CT molecular complexity index is 1100. The van der Waals surface area contributed by atoms with Crippen molar-refractivity contribution in [1.82, 2.24) is 5.32 Å². The van der Waals surface area contributed by atoms with Crippen LogP contribution < -0.4 is 15.5 Å². The Morgan fingerprint density at radius 2 is 1.74 bits per heavy atom. The molecule has 0 fully saturated rings. The molecule has 0 radical (unpaired) electrons. The average Bonchev–Trinajstić information content (AvgIpc) is 2.80. The summed E-state index contributed by atoms with van der Waals surface area (Å²) < 4.78 is 5.30. The van der Waals surface area contributed by atoms with Gasteiger partial charge >= 0.3 is 5.97 Å². The highest BCUT2D eigenvalue weighted by Gasteiger charge is 2.30. The minimum atomic E-state index is -0.513. The number of benzene rings is 2. The van der Waals surface area contributed by atoms with Crippen LogP contribution in [0.1, 0.15) is 36.6 Å². The van der Waals surface area contributed by atoms with Gasteiger partial charge in [0.1, 0.15) is 6.04 Å². The molecule has 0 spiro atoms. The van der Waals surface area contributed by atoms with E-state index in [1.165, 1.54) is 11.8 Å². The van der Waals surface area contributed by atoms with E-state index in [4.69, 9.17) is 9.73 Å². The average molecular weight is 481 g/mol. The van der Waals surface area contributed by atoms with Crippen LogP contribution in [0.2, 0.25) is 0 Å². The van der Waals surface area contributed by atoms with Crippen molar-refractivity contribution in [2.45, 2.75) is 33.7 Å². The molecule has 0 unspecified atom stereocenters. The summed E-state index contributed by atoms with van der Waals surface area (Å²) in [7, 11) is 3.95. The molecule has 2 N–H and O–H groups in total. The number of allylic oxidation sites excluding steroid dienone is 1. The molecule has 180 valence electrons. The van der Waals surface area contributed by atoms with Crippen molar-refractivity contribution in [2.24, 2.45) is 4.99 Å². The van der Waals surface area contributed by atoms with Gasteiger partial charge in [-0.1, -0.05) is 42.1 Å². The fraction of sp³-hybridized carbons (Fsp3) is 0.346. The second-order valence-electron chi connectivity index (χ2n) is 8.31. The molecule has 1 heterocycles. The summed E-state index contributed by atoms with van der Waals surface area (Å²) in [6.45, 7) is 7.84. The largest absolute Gasteiger partial charge is 0.463 e. The lowest BCUT2D eigenvalue weighted by Gasteiger charge is -2.26. The molecular formula is C26H32N4O3S. The third-order valence-corrected chi connectivity index (χ3v) is 6.41. The first kappa shape index (κ1) is 25.4. The first-order valence-corrected chi connectivity index (χ1v) is 12.2. The minimum Gasteiger partial charge on any atom is -0.463 e. The predicted octanol–water partition coefficient (Wildman–Crippen LogP) is 4.58. The SMILES string of the molecule is CCOC(=O)C1=C(C)NC(SCC(=O)Nc2c(C)cccc2C)=N[C@H]1c1ccc(N(C)C)cc1. The fourth-order valence-electron chi connectivity index (χ4n) is 3.71. The molecule has 0 saturated carbocycles. The number of anilines is 2. The van der Waals surface area contributed by atoms with Crippen molar-refractivity contribution in [3.63, 3.8) is 0 Å². The van der Waals surface area contributed by atoms with Crippen LogP contribution in [0.3, 0.4) is 0 Å². The molecule has 1 aliphatic rings. The fourth-order valence-corrected chi connectivity index (χ4v) is 4.46. The Kier molecular flexibility index (Phi) is 8.39. The summed E-state index contributed by atoms with van der Waals surface area (Å²) in [5.41, 5.74) is 5.96. The standard InChI is InChI=1S/C26H32N4O3S/c1-7-33-25(32)22-18(4)27-26(29-24(22)19-11-13-20(14-12-19)30(5)6)34-15-21(31)28-23-16(2)9-8-10-17(23)3/h8-14,24H,7,15H2,1-6H3,(H,27,29)(H,28,31)/t24-/m0/s1. The Hall–Kier alpha value is -3.26. The van der Waals surface area contributed by atoms with Crippen molar-refractivity contribution in [1.29, 1.82) is 0 Å². The monoisotopic (exact) mass is 480 g/mol. The number of carbonyl (C=O) groups is 2. The summed E-state index contributed by atoms with van der Waals surface area (Å²) in [5.74, 6) is -0.320. The lowest BCUT2D eigenvalue weighted by Crippen LogP contribution is -2.31. The molecule has 2 aromatic rings. The number of nitrogens with one attached hydrogen (secondary N) is 2. The number of aliphatic imine (C=N–C) groups is 1. The number of ether oxygens (including phenoxy) is 1. The maximum absolute atomic E-state index is 12.7. The molecule has 34 heavy (non-hydrogen) atoms. The first-order chi connectivity index (χ1) is 16.2. The third kappa shape index (κ3) is 5.99. The summed E-state index contributed by atoms with van der Waals surface area (Å²) in [4.78, 5) is 32.2. The molecule has 2 aromatic carbocycles. The van der Waals surface area contributed by atoms with Crippen LogP contribution in [0, 0.1) is 13.8 Å². The van der Waals surface area contributed by atoms with E-state index >= 15 is 0 Å². The molecule has 1 aliphatic heterocycles. The van der Waals surface area contributed by atoms with E-state index in [2.05, 4.69) is 10.6 Å². The van der Waals surface area contributed by atoms with E-state index in [0.717, 1.165) is 28.1 Å². The first-order valence-electron chi connectivity index (χ1n) is 11.2. The van der Waals surface area contributed by atoms with Crippen molar-refractivity contribution < 1.29 is 14.3 Å². The van der Waals surface area contributed by atoms with Gasteiger partial charge < -0.3 is 20.3 Å². The van der Waals surface area contributed by atoms with E-state index in [0.29, 0.717) is 16.4 Å². The van der Waals surface area contributed by atoms with E-state index in [1.807, 2.05) is 82.2 Å². The smallest absolute Gasteiger partial charge is 0.338 e. The maximum atomic E-state index is 12.7. The van der Waals surface area contributed by atoms with Crippen LogP contribution in [0.4, 0.5) is 11.4 Å². The normalized spacial score (nSPS) is 15.4. The van der Waals surface area contributed by atoms with Crippen molar-refractivity contribution >= 4 is 40.2 Å². The lowest BCUT2D eigenvalue weighted by molar-refractivity contribution is -0.139. The van der Waals surface area contributed by atoms with Gasteiger partial charge in [0.05, 0.1) is 17.9 Å². The zero-order valence-corrected chi connectivity index (χ0v) is 21.4. The van der Waals surface area contributed by atoms with Gasteiger partial charge in [-0.15, -0.1) is 0 Å². The number of esters is 1. The van der Waals surface area contributed by atoms with E-state index < -0.39 is 12.0 Å². The second kappa shape index (κ2) is 11.2. The van der Waals surface area contributed by atoms with E-state index in [1.54, 1.807) is 6.92 Å². The zero-order chi connectivity index (χ0) is 24.8. The third-order valence-electron chi connectivity index (χ3n) is 5.52. The maximum Gasteiger partial charge on any atom is 0.338 e. The molecule has 1 atom stereocenters. The molecule has 0 saturated heterocycles. The van der Waals surface area contributed by atoms with Crippen molar-refractivity contribution in [3.05, 3.63) is 70.4 Å². The van der Waals surface area contributed by atoms with Crippen LogP contribution >= 0.6 is 11.8 Å². The van der Waals surface area contributed by atoms with E-state index in [9.17, 15) is 9.59 Å². The van der Waals surface area contributed by atoms with Gasteiger partial charge in [0, 0.05) is 31.2 Å². The highest BCUT2D eigenvalue weighted by atomic mass is 32.2. The molecule has 1 amide bonds. The Morgan fingerprint density at radius 1 is 1.09 bits per heavy atom. The van der Waals surface area contributed by atoms with Crippen LogP contribution in [-0.2, 0) is 14.3 Å². The number of aryl methyl sites for hydroxylation is 2. The topological polar surface area (TPSA) is 83.0 Å². The number of hydrogen-bond acceptors (Lipinski definition) is 7. The Labute approximate surface area is 205 Å². The van der Waals surface area contributed by atoms with Crippen LogP contribution in [0.15, 0.2) is 58.7 Å². The number of thioether (sulfide) groups is 1. The Balaban J connectivity index is 1.80.